The van der Waals surface area contributed by atoms with Crippen LogP contribution < -0.4 is 9.05 Å². The number of β-lactam (4-membered cyclic amide) rings is 1. The molecule has 2 heterocycles. The molecular weight excluding hydrogens is 641 g/mol. The van der Waals surface area contributed by atoms with Gasteiger partial charge in [0.05, 0.1) is 23.5 Å². The number of phosphoric acid groups is 1. The lowest BCUT2D eigenvalue weighted by molar-refractivity contribution is -0.175. The number of carbonyl (C=O) groups is 3. The van der Waals surface area contributed by atoms with Crippen LogP contribution in [0.15, 0.2) is 72.1 Å². The Balaban J connectivity index is 1.70. The number of hydrogen-bond acceptors (Lipinski definition) is 10. The number of ether oxygens (including phenoxy) is 2. The third-order valence-corrected chi connectivity index (χ3v) is 14.6. The molecule has 2 aromatic carbocycles. The molecule has 0 bridgehead atoms. The number of benzene rings is 2. The average molecular weight is 688 g/mol. The molecule has 2 aromatic rings. The smallest absolute Gasteiger partial charge is 0.427 e. The summed E-state index contributed by atoms with van der Waals surface area (Å²) < 4.78 is 49.2. The Morgan fingerprint density at radius 3 is 1.85 bits per heavy atom. The second-order valence-electron chi connectivity index (χ2n) is 14.4. The van der Waals surface area contributed by atoms with E-state index in [1.807, 2.05) is 6.92 Å². The normalized spacial score (nSPS) is 20.6. The van der Waals surface area contributed by atoms with Crippen LogP contribution in [0.25, 0.3) is 0 Å². The summed E-state index contributed by atoms with van der Waals surface area (Å²) in [6, 6.07) is 16.1. The number of rotatable bonds is 12. The first kappa shape index (κ1) is 36.2. The van der Waals surface area contributed by atoms with E-state index in [1.54, 1.807) is 88.4 Å². The zero-order valence-corrected chi connectivity index (χ0v) is 30.7. The summed E-state index contributed by atoms with van der Waals surface area (Å²) >= 11 is 0. The van der Waals surface area contributed by atoms with Gasteiger partial charge >= 0.3 is 19.8 Å². The lowest BCUT2D eigenvalue weighted by Crippen LogP contribution is -2.65. The van der Waals surface area contributed by atoms with Gasteiger partial charge in [-0.2, -0.15) is 4.57 Å². The van der Waals surface area contributed by atoms with E-state index in [9.17, 15) is 18.9 Å². The predicted octanol–water partition coefficient (Wildman–Crippen LogP) is 7.46. The minimum absolute atomic E-state index is 0.1000. The van der Waals surface area contributed by atoms with Crippen molar-refractivity contribution in [2.24, 2.45) is 17.3 Å². The van der Waals surface area contributed by atoms with E-state index in [4.69, 9.17) is 27.5 Å². The van der Waals surface area contributed by atoms with Crippen LogP contribution in [0.1, 0.15) is 55.4 Å². The molecule has 0 N–H and O–H groups in total. The third-order valence-electron chi connectivity index (χ3n) is 8.70. The van der Waals surface area contributed by atoms with E-state index >= 15 is 0 Å². The molecule has 0 unspecified atom stereocenters. The molecule has 0 saturated carbocycles. The van der Waals surface area contributed by atoms with Crippen molar-refractivity contribution >= 4 is 34.0 Å². The van der Waals surface area contributed by atoms with E-state index in [2.05, 4.69) is 33.9 Å². The summed E-state index contributed by atoms with van der Waals surface area (Å²) in [4.78, 5) is 41.1. The van der Waals surface area contributed by atoms with Crippen molar-refractivity contribution < 1.29 is 46.4 Å². The van der Waals surface area contributed by atoms with Gasteiger partial charge in [0.1, 0.15) is 17.3 Å². The maximum atomic E-state index is 14.4. The Bertz CT molecular complexity index is 1500. The topological polar surface area (TPSA) is 127 Å². The fourth-order valence-corrected chi connectivity index (χ4v) is 7.95. The molecule has 2 aliphatic rings. The molecule has 0 radical (unpaired) electrons. The highest BCUT2D eigenvalue weighted by Crippen LogP contribution is 2.57. The van der Waals surface area contributed by atoms with Gasteiger partial charge in [-0.3, -0.25) is 14.5 Å². The number of hydrogen-bond donors (Lipinski definition) is 0. The number of nitrogens with zero attached hydrogens (tertiary/aromatic N) is 1. The van der Waals surface area contributed by atoms with Gasteiger partial charge in [0.2, 0.25) is 12.7 Å². The van der Waals surface area contributed by atoms with Crippen molar-refractivity contribution in [2.45, 2.75) is 85.7 Å². The van der Waals surface area contributed by atoms with E-state index in [0.717, 1.165) is 0 Å². The Labute approximate surface area is 278 Å². The van der Waals surface area contributed by atoms with Gasteiger partial charge in [-0.05, 0) is 70.1 Å². The molecule has 1 fully saturated rings. The minimum Gasteiger partial charge on any atom is -0.427 e. The number of esters is 2. The maximum Gasteiger partial charge on any atom is 0.646 e. The quantitative estimate of drug-likeness (QED) is 0.0730. The summed E-state index contributed by atoms with van der Waals surface area (Å²) in [7, 11) is -6.82. The molecular formula is C34H46NO10PSi. The molecule has 4 atom stereocenters. The summed E-state index contributed by atoms with van der Waals surface area (Å²) in [5.41, 5.74) is -1.09. The SMILES string of the molecule is C[C@@H](O[Si](C)(C)C(C)(C)C)[C@H]1C(=O)N2C(C(=O)OCOC(=O)C(C)(C)C)=C(OP(=O)(Oc3ccccc3)Oc3ccccc3)[C@H](C)[C@H]12. The average Bonchev–Trinajstić information content (AvgIpc) is 3.19. The molecule has 11 nitrogen and oxygen atoms in total. The number of phosphoric ester groups is 1. The number of amides is 1. The largest absolute Gasteiger partial charge is 0.646 e. The van der Waals surface area contributed by atoms with E-state index in [0.29, 0.717) is 0 Å². The van der Waals surface area contributed by atoms with Crippen molar-refractivity contribution in [1.29, 1.82) is 0 Å². The molecule has 1 saturated heterocycles. The Kier molecular flexibility index (Phi) is 10.4. The first-order chi connectivity index (χ1) is 21.8. The van der Waals surface area contributed by atoms with Gasteiger partial charge in [-0.25, -0.2) is 4.79 Å². The van der Waals surface area contributed by atoms with Gasteiger partial charge in [-0.1, -0.05) is 64.1 Å². The van der Waals surface area contributed by atoms with Crippen molar-refractivity contribution in [2.75, 3.05) is 6.79 Å². The molecule has 4 rings (SSSR count). The van der Waals surface area contributed by atoms with Crippen molar-refractivity contribution in [3.05, 3.63) is 72.1 Å². The molecule has 13 heteroatoms. The molecule has 0 aromatic heterocycles. The molecule has 47 heavy (non-hydrogen) atoms. The zero-order valence-electron chi connectivity index (χ0n) is 28.8. The number of para-hydroxylation sites is 2. The minimum atomic E-state index is -4.55. The standard InChI is InChI=1S/C34H46NO10PSi/c1-22-27-26(23(2)45-47(9,10)34(6,7)8)30(36)35(27)28(31(37)40-21-41-32(38)33(3,4)5)29(22)44-46(39,42-24-17-13-11-14-18-24)43-25-19-15-12-16-20-25/h11-20,22-23,26-27H,21H2,1-10H3/t22-,23-,26-,27-/m1/s1. The highest BCUT2D eigenvalue weighted by atomic mass is 31.2. The maximum absolute atomic E-state index is 14.4. The molecule has 256 valence electrons. The van der Waals surface area contributed by atoms with Gasteiger partial charge in [-0.15, -0.1) is 0 Å². The van der Waals surface area contributed by atoms with Crippen LogP contribution in [0.3, 0.4) is 0 Å². The molecule has 1 amide bonds. The number of carbonyl (C=O) groups excluding carboxylic acids is 3. The molecule has 0 spiro atoms. The molecule has 0 aliphatic carbocycles. The zero-order chi connectivity index (χ0) is 34.9. The van der Waals surface area contributed by atoms with E-state index < -0.39 is 64.3 Å². The highest BCUT2D eigenvalue weighted by Gasteiger charge is 2.63. The Morgan fingerprint density at radius 1 is 0.872 bits per heavy atom. The van der Waals surface area contributed by atoms with Crippen LogP contribution in [-0.2, 0) is 37.4 Å². The lowest BCUT2D eigenvalue weighted by Gasteiger charge is -2.49. The van der Waals surface area contributed by atoms with E-state index in [-0.39, 0.29) is 33.9 Å². The van der Waals surface area contributed by atoms with Gasteiger partial charge in [0, 0.05) is 5.92 Å². The van der Waals surface area contributed by atoms with Crippen LogP contribution in [0.2, 0.25) is 18.1 Å². The van der Waals surface area contributed by atoms with Crippen LogP contribution in [-0.4, -0.2) is 50.0 Å². The third kappa shape index (κ3) is 7.93. The lowest BCUT2D eigenvalue weighted by atomic mass is 9.79. The van der Waals surface area contributed by atoms with Gasteiger partial charge < -0.3 is 27.5 Å². The van der Waals surface area contributed by atoms with Crippen LogP contribution in [0.5, 0.6) is 11.5 Å². The summed E-state index contributed by atoms with van der Waals surface area (Å²) in [6.45, 7) is 18.5. The van der Waals surface area contributed by atoms with Crippen molar-refractivity contribution in [1.82, 2.24) is 4.90 Å². The van der Waals surface area contributed by atoms with Gasteiger partial charge in [0.25, 0.3) is 0 Å². The highest BCUT2D eigenvalue weighted by molar-refractivity contribution is 7.49. The fourth-order valence-electron chi connectivity index (χ4n) is 5.15. The second kappa shape index (κ2) is 13.5. The first-order valence-electron chi connectivity index (χ1n) is 15.6. The van der Waals surface area contributed by atoms with Crippen molar-refractivity contribution in [3.8, 4) is 11.5 Å². The Hall–Kier alpha value is -3.60. The van der Waals surface area contributed by atoms with Crippen LogP contribution >= 0.6 is 7.82 Å². The van der Waals surface area contributed by atoms with E-state index in [1.165, 1.54) is 4.90 Å². The predicted molar refractivity (Wildman–Crippen MR) is 177 cm³/mol. The second-order valence-corrected chi connectivity index (χ2v) is 20.6. The monoisotopic (exact) mass is 687 g/mol. The first-order valence-corrected chi connectivity index (χ1v) is 20.0. The van der Waals surface area contributed by atoms with Gasteiger partial charge in [0.15, 0.2) is 14.0 Å². The van der Waals surface area contributed by atoms with Crippen LogP contribution in [0.4, 0.5) is 0 Å². The summed E-state index contributed by atoms with van der Waals surface area (Å²) in [5.74, 6) is -2.91. The van der Waals surface area contributed by atoms with Crippen LogP contribution in [0, 0.1) is 17.3 Å². The fraction of sp³-hybridized carbons (Fsp3) is 0.500. The van der Waals surface area contributed by atoms with Crippen molar-refractivity contribution in [3.63, 3.8) is 0 Å². The number of fused-ring (bicyclic) bond motifs is 1. The summed E-state index contributed by atoms with van der Waals surface area (Å²) in [5, 5.41) is -0.1000. The Morgan fingerprint density at radius 2 is 1.38 bits per heavy atom. The summed E-state index contributed by atoms with van der Waals surface area (Å²) in [6.07, 6.45) is -0.482. The molecule has 2 aliphatic heterocycles.